The Morgan fingerprint density at radius 3 is 2.58 bits per heavy atom. The standard InChI is InChI=1S/C8H15N2O2/c11-2-1-10-5-7-3-9-4-8(6-10)12-7/h7-8,11H,1-6H2. The van der Waals surface area contributed by atoms with Crippen molar-refractivity contribution in [1.29, 1.82) is 0 Å². The lowest BCUT2D eigenvalue weighted by molar-refractivity contribution is -0.105. The number of aliphatic hydroxyl groups is 1. The van der Waals surface area contributed by atoms with Crippen molar-refractivity contribution in [3.8, 4) is 0 Å². The van der Waals surface area contributed by atoms with Gasteiger partial charge in [-0.3, -0.25) is 4.90 Å². The zero-order chi connectivity index (χ0) is 8.39. The van der Waals surface area contributed by atoms with Crippen LogP contribution in [0, 0.1) is 0 Å². The van der Waals surface area contributed by atoms with Crippen molar-refractivity contribution in [2.24, 2.45) is 0 Å². The summed E-state index contributed by atoms with van der Waals surface area (Å²) in [6, 6.07) is 0. The molecule has 0 aromatic rings. The molecule has 0 amide bonds. The molecule has 69 valence electrons. The molecular weight excluding hydrogens is 156 g/mol. The average molecular weight is 171 g/mol. The summed E-state index contributed by atoms with van der Waals surface area (Å²) in [5, 5.41) is 13.1. The highest BCUT2D eigenvalue weighted by atomic mass is 16.5. The Labute approximate surface area is 72.5 Å². The fourth-order valence-corrected chi connectivity index (χ4v) is 1.90. The zero-order valence-electron chi connectivity index (χ0n) is 7.15. The molecule has 2 bridgehead atoms. The van der Waals surface area contributed by atoms with Gasteiger partial charge in [0, 0.05) is 32.7 Å². The lowest BCUT2D eigenvalue weighted by Crippen LogP contribution is -2.56. The Kier molecular flexibility index (Phi) is 2.60. The van der Waals surface area contributed by atoms with E-state index in [4.69, 9.17) is 9.84 Å². The summed E-state index contributed by atoms with van der Waals surface area (Å²) in [6.45, 7) is 4.55. The summed E-state index contributed by atoms with van der Waals surface area (Å²) < 4.78 is 5.68. The molecule has 2 saturated heterocycles. The fraction of sp³-hybridized carbons (Fsp3) is 1.00. The molecule has 2 unspecified atom stereocenters. The second-order valence-corrected chi connectivity index (χ2v) is 3.45. The molecule has 2 heterocycles. The summed E-state index contributed by atoms with van der Waals surface area (Å²) >= 11 is 0. The number of rotatable bonds is 2. The van der Waals surface area contributed by atoms with Crippen LogP contribution in [0.5, 0.6) is 0 Å². The van der Waals surface area contributed by atoms with Crippen LogP contribution >= 0.6 is 0 Å². The van der Waals surface area contributed by atoms with Crippen LogP contribution in [0.25, 0.3) is 0 Å². The van der Waals surface area contributed by atoms with Crippen LogP contribution in [0.15, 0.2) is 0 Å². The number of ether oxygens (including phenoxy) is 1. The van der Waals surface area contributed by atoms with E-state index in [0.29, 0.717) is 0 Å². The van der Waals surface area contributed by atoms with Crippen molar-refractivity contribution in [1.82, 2.24) is 10.2 Å². The van der Waals surface area contributed by atoms with E-state index >= 15 is 0 Å². The second-order valence-electron chi connectivity index (χ2n) is 3.45. The number of morpholine rings is 2. The Bertz CT molecular complexity index is 142. The number of hydrogen-bond acceptors (Lipinski definition) is 3. The van der Waals surface area contributed by atoms with E-state index in [0.717, 1.165) is 32.7 Å². The predicted octanol–water partition coefficient (Wildman–Crippen LogP) is -1.33. The summed E-state index contributed by atoms with van der Waals surface area (Å²) in [5.74, 6) is 0. The Balaban J connectivity index is 1.87. The van der Waals surface area contributed by atoms with Crippen molar-refractivity contribution in [3.05, 3.63) is 0 Å². The zero-order valence-corrected chi connectivity index (χ0v) is 7.15. The lowest BCUT2D eigenvalue weighted by Gasteiger charge is -2.40. The fourth-order valence-electron chi connectivity index (χ4n) is 1.90. The average Bonchev–Trinajstić information content (AvgIpc) is 2.04. The van der Waals surface area contributed by atoms with Gasteiger partial charge in [-0.05, 0) is 0 Å². The molecule has 2 rings (SSSR count). The smallest absolute Gasteiger partial charge is 0.0847 e. The molecule has 2 atom stereocenters. The maximum absolute atomic E-state index is 8.78. The monoisotopic (exact) mass is 171 g/mol. The van der Waals surface area contributed by atoms with Crippen LogP contribution in [0.3, 0.4) is 0 Å². The molecule has 12 heavy (non-hydrogen) atoms. The quantitative estimate of drug-likeness (QED) is 0.560. The summed E-state index contributed by atoms with van der Waals surface area (Å²) in [6.07, 6.45) is 0.563. The van der Waals surface area contributed by atoms with Gasteiger partial charge in [-0.1, -0.05) is 0 Å². The minimum absolute atomic E-state index is 0.247. The normalized spacial score (nSPS) is 36.8. The van der Waals surface area contributed by atoms with Crippen molar-refractivity contribution in [3.63, 3.8) is 0 Å². The number of β-amino-alcohol motifs (C(OH)–C–C–N with tert-alkyl or cyclic N) is 1. The maximum atomic E-state index is 8.78. The van der Waals surface area contributed by atoms with E-state index in [1.807, 2.05) is 0 Å². The van der Waals surface area contributed by atoms with E-state index in [1.165, 1.54) is 0 Å². The van der Waals surface area contributed by atoms with Crippen LogP contribution in [-0.4, -0.2) is 61.5 Å². The first kappa shape index (κ1) is 8.44. The first-order chi connectivity index (χ1) is 5.88. The number of hydrogen-bond donors (Lipinski definition) is 1. The molecule has 0 spiro atoms. The molecular formula is C8H15N2O2. The molecule has 0 aromatic carbocycles. The maximum Gasteiger partial charge on any atom is 0.0847 e. The molecule has 2 fully saturated rings. The molecule has 0 saturated carbocycles. The van der Waals surface area contributed by atoms with Gasteiger partial charge in [0.15, 0.2) is 0 Å². The van der Waals surface area contributed by atoms with Gasteiger partial charge in [0.25, 0.3) is 0 Å². The van der Waals surface area contributed by atoms with E-state index in [9.17, 15) is 0 Å². The molecule has 1 N–H and O–H groups in total. The van der Waals surface area contributed by atoms with Gasteiger partial charge in [0.1, 0.15) is 0 Å². The van der Waals surface area contributed by atoms with Gasteiger partial charge in [0.2, 0.25) is 0 Å². The molecule has 0 aromatic heterocycles. The molecule has 1 radical (unpaired) electrons. The third-order valence-corrected chi connectivity index (χ3v) is 2.39. The highest BCUT2D eigenvalue weighted by Gasteiger charge is 2.30. The van der Waals surface area contributed by atoms with Crippen molar-refractivity contribution >= 4 is 0 Å². The largest absolute Gasteiger partial charge is 0.395 e. The van der Waals surface area contributed by atoms with Crippen LogP contribution in [-0.2, 0) is 4.74 Å². The van der Waals surface area contributed by atoms with Gasteiger partial charge >= 0.3 is 0 Å². The first-order valence-corrected chi connectivity index (χ1v) is 4.50. The third kappa shape index (κ3) is 1.77. The van der Waals surface area contributed by atoms with Crippen LogP contribution < -0.4 is 5.32 Å². The van der Waals surface area contributed by atoms with Crippen molar-refractivity contribution in [2.45, 2.75) is 12.2 Å². The van der Waals surface area contributed by atoms with Crippen LogP contribution in [0.2, 0.25) is 0 Å². The molecule has 2 aliphatic heterocycles. The van der Waals surface area contributed by atoms with E-state index in [2.05, 4.69) is 10.2 Å². The highest BCUT2D eigenvalue weighted by molar-refractivity contribution is 4.84. The van der Waals surface area contributed by atoms with Gasteiger partial charge < -0.3 is 9.84 Å². The number of nitrogens with zero attached hydrogens (tertiary/aromatic N) is 2. The minimum Gasteiger partial charge on any atom is -0.395 e. The van der Waals surface area contributed by atoms with E-state index in [-0.39, 0.29) is 18.8 Å². The van der Waals surface area contributed by atoms with Gasteiger partial charge in [-0.2, -0.15) is 0 Å². The Morgan fingerprint density at radius 1 is 1.33 bits per heavy atom. The van der Waals surface area contributed by atoms with Crippen molar-refractivity contribution < 1.29 is 9.84 Å². The minimum atomic E-state index is 0.247. The molecule has 4 heteroatoms. The van der Waals surface area contributed by atoms with E-state index in [1.54, 1.807) is 0 Å². The molecule has 0 aliphatic carbocycles. The number of fused-ring (bicyclic) bond motifs is 2. The summed E-state index contributed by atoms with van der Waals surface area (Å²) in [4.78, 5) is 2.26. The van der Waals surface area contributed by atoms with Crippen LogP contribution in [0.4, 0.5) is 0 Å². The van der Waals surface area contributed by atoms with Crippen molar-refractivity contribution in [2.75, 3.05) is 39.3 Å². The second kappa shape index (κ2) is 3.70. The number of aliphatic hydroxyl groups excluding tert-OH is 1. The summed E-state index contributed by atoms with van der Waals surface area (Å²) in [5.41, 5.74) is 0. The summed E-state index contributed by atoms with van der Waals surface area (Å²) in [7, 11) is 0. The molecule has 2 aliphatic rings. The highest BCUT2D eigenvalue weighted by Crippen LogP contribution is 2.14. The van der Waals surface area contributed by atoms with Gasteiger partial charge in [-0.15, -0.1) is 0 Å². The Morgan fingerprint density at radius 2 is 2.00 bits per heavy atom. The third-order valence-electron chi connectivity index (χ3n) is 2.39. The first-order valence-electron chi connectivity index (χ1n) is 4.50. The van der Waals surface area contributed by atoms with Gasteiger partial charge in [-0.25, -0.2) is 5.32 Å². The van der Waals surface area contributed by atoms with Crippen LogP contribution in [0.1, 0.15) is 0 Å². The SMILES string of the molecule is OCCN1CC2C[N]CC(C1)O2. The Hall–Kier alpha value is -0.160. The predicted molar refractivity (Wildman–Crippen MR) is 44.1 cm³/mol. The van der Waals surface area contributed by atoms with Gasteiger partial charge in [0.05, 0.1) is 18.8 Å². The topological polar surface area (TPSA) is 46.8 Å². The lowest BCUT2D eigenvalue weighted by atomic mass is 10.1. The van der Waals surface area contributed by atoms with E-state index < -0.39 is 0 Å². The molecule has 4 nitrogen and oxygen atoms in total.